The van der Waals surface area contributed by atoms with Gasteiger partial charge in [-0.25, -0.2) is 14.6 Å². The van der Waals surface area contributed by atoms with Gasteiger partial charge in [-0.15, -0.1) is 11.8 Å². The molecule has 1 saturated heterocycles. The molecule has 0 bridgehead atoms. The van der Waals surface area contributed by atoms with E-state index in [0.29, 0.717) is 5.65 Å². The Labute approximate surface area is 143 Å². The summed E-state index contributed by atoms with van der Waals surface area (Å²) >= 11 is 1.65. The predicted molar refractivity (Wildman–Crippen MR) is 88.6 cm³/mol. The third kappa shape index (κ3) is 3.27. The van der Waals surface area contributed by atoms with Crippen molar-refractivity contribution in [3.63, 3.8) is 0 Å². The molecule has 2 aromatic heterocycles. The molecular formula is C15H22N4O4S. The van der Waals surface area contributed by atoms with Crippen molar-refractivity contribution in [2.45, 2.75) is 55.8 Å². The third-order valence-electron chi connectivity index (χ3n) is 4.10. The van der Waals surface area contributed by atoms with Gasteiger partial charge in [-0.1, -0.05) is 19.8 Å². The molecule has 4 unspecified atom stereocenters. The van der Waals surface area contributed by atoms with Gasteiger partial charge >= 0.3 is 0 Å². The average molecular weight is 354 g/mol. The van der Waals surface area contributed by atoms with E-state index < -0.39 is 24.5 Å². The molecule has 24 heavy (non-hydrogen) atoms. The molecule has 2 aromatic rings. The first-order valence-electron chi connectivity index (χ1n) is 8.10. The summed E-state index contributed by atoms with van der Waals surface area (Å²) in [6.45, 7) is 1.79. The molecule has 1 aliphatic heterocycles. The van der Waals surface area contributed by atoms with E-state index in [9.17, 15) is 15.3 Å². The van der Waals surface area contributed by atoms with Crippen LogP contribution in [0.4, 0.5) is 0 Å². The van der Waals surface area contributed by atoms with E-state index in [-0.39, 0.29) is 6.61 Å². The van der Waals surface area contributed by atoms with E-state index in [1.165, 1.54) is 23.9 Å². The van der Waals surface area contributed by atoms with Gasteiger partial charge in [0.1, 0.15) is 29.7 Å². The van der Waals surface area contributed by atoms with Crippen LogP contribution >= 0.6 is 11.8 Å². The summed E-state index contributed by atoms with van der Waals surface area (Å²) in [4.78, 5) is 8.56. The summed E-state index contributed by atoms with van der Waals surface area (Å²) < 4.78 is 6.96. The number of thioether (sulfide) groups is 1. The van der Waals surface area contributed by atoms with E-state index in [2.05, 4.69) is 22.0 Å². The van der Waals surface area contributed by atoms with Gasteiger partial charge in [0, 0.05) is 0 Å². The molecule has 1 fully saturated rings. The van der Waals surface area contributed by atoms with Crippen LogP contribution in [0.3, 0.4) is 0 Å². The quantitative estimate of drug-likeness (QED) is 0.379. The zero-order chi connectivity index (χ0) is 17.1. The smallest absolute Gasteiger partial charge is 0.181 e. The number of hydrogen-bond donors (Lipinski definition) is 3. The largest absolute Gasteiger partial charge is 0.394 e. The fraction of sp³-hybridized carbons (Fsp3) is 0.667. The van der Waals surface area contributed by atoms with Crippen LogP contribution in [-0.4, -0.2) is 65.7 Å². The highest BCUT2D eigenvalue weighted by atomic mass is 32.2. The number of aliphatic hydroxyl groups is 3. The summed E-state index contributed by atoms with van der Waals surface area (Å²) in [6.07, 6.45) is 2.51. The molecule has 0 spiro atoms. The molecular weight excluding hydrogens is 332 g/mol. The summed E-state index contributed by atoms with van der Waals surface area (Å²) in [5.74, 6) is 0.971. The zero-order valence-electron chi connectivity index (χ0n) is 13.4. The van der Waals surface area contributed by atoms with Crippen LogP contribution in [0.2, 0.25) is 0 Å². The van der Waals surface area contributed by atoms with E-state index in [0.717, 1.165) is 22.6 Å². The Kier molecular flexibility index (Phi) is 5.67. The lowest BCUT2D eigenvalue weighted by molar-refractivity contribution is -0.0566. The van der Waals surface area contributed by atoms with Crippen molar-refractivity contribution in [3.05, 3.63) is 12.5 Å². The van der Waals surface area contributed by atoms with Crippen molar-refractivity contribution in [2.75, 3.05) is 12.4 Å². The standard InChI is InChI=1S/C15H22N4O4S/c1-2-3-4-5-24-14-9-6-18-19(13(9)16-8-17-14)15-12(22)11(21)10(7-20)23-15/h6,8,10-12,15,20-22H,2-5,7H2,1H3. The van der Waals surface area contributed by atoms with Crippen LogP contribution in [0.5, 0.6) is 0 Å². The van der Waals surface area contributed by atoms with Gasteiger partial charge in [0.2, 0.25) is 0 Å². The van der Waals surface area contributed by atoms with E-state index in [1.807, 2.05) is 0 Å². The minimum Gasteiger partial charge on any atom is -0.394 e. The first-order valence-corrected chi connectivity index (χ1v) is 9.09. The van der Waals surface area contributed by atoms with Crippen molar-refractivity contribution in [3.8, 4) is 0 Å². The van der Waals surface area contributed by atoms with Crippen LogP contribution < -0.4 is 0 Å². The maximum absolute atomic E-state index is 10.2. The second-order valence-corrected chi connectivity index (χ2v) is 6.87. The Morgan fingerprint density at radius 1 is 1.25 bits per heavy atom. The number of aliphatic hydroxyl groups excluding tert-OH is 3. The summed E-state index contributed by atoms with van der Waals surface area (Å²) in [5, 5.41) is 35.2. The molecule has 0 aromatic carbocycles. The molecule has 1 aliphatic rings. The Morgan fingerprint density at radius 3 is 2.79 bits per heavy atom. The SMILES string of the molecule is CCCCCSc1ncnc2c1cnn2C1OC(CO)C(O)C1O. The van der Waals surface area contributed by atoms with Crippen molar-refractivity contribution in [1.82, 2.24) is 19.7 Å². The summed E-state index contributed by atoms with van der Waals surface area (Å²) in [6, 6.07) is 0. The Hall–Kier alpha value is -1.26. The Morgan fingerprint density at radius 2 is 2.08 bits per heavy atom. The third-order valence-corrected chi connectivity index (χ3v) is 5.19. The molecule has 9 heteroatoms. The highest BCUT2D eigenvalue weighted by molar-refractivity contribution is 7.99. The van der Waals surface area contributed by atoms with Crippen LogP contribution in [-0.2, 0) is 4.74 Å². The average Bonchev–Trinajstić information content (AvgIpc) is 3.14. The number of unbranched alkanes of at least 4 members (excludes halogenated alkanes) is 2. The fourth-order valence-corrected chi connectivity index (χ4v) is 3.71. The number of aromatic nitrogens is 4. The van der Waals surface area contributed by atoms with Crippen molar-refractivity contribution < 1.29 is 20.1 Å². The molecule has 0 aliphatic carbocycles. The second kappa shape index (κ2) is 7.75. The van der Waals surface area contributed by atoms with E-state index in [4.69, 9.17) is 4.74 Å². The molecule has 132 valence electrons. The van der Waals surface area contributed by atoms with E-state index >= 15 is 0 Å². The van der Waals surface area contributed by atoms with Gasteiger partial charge in [-0.2, -0.15) is 5.10 Å². The monoisotopic (exact) mass is 354 g/mol. The van der Waals surface area contributed by atoms with Crippen LogP contribution in [0.25, 0.3) is 11.0 Å². The maximum Gasteiger partial charge on any atom is 0.181 e. The fourth-order valence-electron chi connectivity index (χ4n) is 2.75. The lowest BCUT2D eigenvalue weighted by Crippen LogP contribution is -2.33. The molecule has 8 nitrogen and oxygen atoms in total. The van der Waals surface area contributed by atoms with Gasteiger partial charge in [0.25, 0.3) is 0 Å². The lowest BCUT2D eigenvalue weighted by atomic mass is 10.1. The van der Waals surface area contributed by atoms with Gasteiger partial charge in [-0.05, 0) is 12.2 Å². The van der Waals surface area contributed by atoms with Gasteiger partial charge < -0.3 is 20.1 Å². The molecule has 0 radical (unpaired) electrons. The molecule has 0 amide bonds. The molecule has 3 heterocycles. The Bertz CT molecular complexity index is 683. The highest BCUT2D eigenvalue weighted by Crippen LogP contribution is 2.32. The van der Waals surface area contributed by atoms with Crippen molar-refractivity contribution in [1.29, 1.82) is 0 Å². The van der Waals surface area contributed by atoms with Gasteiger partial charge in [0.05, 0.1) is 18.2 Å². The number of nitrogens with zero attached hydrogens (tertiary/aromatic N) is 4. The number of ether oxygens (including phenoxy) is 1. The van der Waals surface area contributed by atoms with Crippen molar-refractivity contribution >= 4 is 22.8 Å². The predicted octanol–water partition coefficient (Wildman–Crippen LogP) is 0.720. The van der Waals surface area contributed by atoms with Crippen molar-refractivity contribution in [2.24, 2.45) is 0 Å². The van der Waals surface area contributed by atoms with E-state index in [1.54, 1.807) is 18.0 Å². The first kappa shape index (κ1) is 17.6. The normalized spacial score (nSPS) is 27.2. The topological polar surface area (TPSA) is 114 Å². The zero-order valence-corrected chi connectivity index (χ0v) is 14.3. The minimum atomic E-state index is -1.18. The van der Waals surface area contributed by atoms with Crippen LogP contribution in [0.1, 0.15) is 32.4 Å². The number of hydrogen-bond acceptors (Lipinski definition) is 8. The Balaban J connectivity index is 1.83. The first-order chi connectivity index (χ1) is 11.7. The molecule has 0 saturated carbocycles. The number of rotatable bonds is 7. The number of fused-ring (bicyclic) bond motifs is 1. The van der Waals surface area contributed by atoms with Gasteiger partial charge in [-0.3, -0.25) is 0 Å². The maximum atomic E-state index is 10.2. The summed E-state index contributed by atoms with van der Waals surface area (Å²) in [5.41, 5.74) is 0.540. The van der Waals surface area contributed by atoms with Crippen LogP contribution in [0.15, 0.2) is 17.6 Å². The molecule has 3 N–H and O–H groups in total. The van der Waals surface area contributed by atoms with Crippen LogP contribution in [0, 0.1) is 0 Å². The highest BCUT2D eigenvalue weighted by Gasteiger charge is 2.44. The lowest BCUT2D eigenvalue weighted by Gasteiger charge is -2.15. The summed E-state index contributed by atoms with van der Waals surface area (Å²) in [7, 11) is 0. The van der Waals surface area contributed by atoms with Gasteiger partial charge in [0.15, 0.2) is 11.9 Å². The molecule has 3 rings (SSSR count). The molecule has 4 atom stereocenters. The second-order valence-electron chi connectivity index (χ2n) is 5.79. The minimum absolute atomic E-state index is 0.374.